The van der Waals surface area contributed by atoms with Crippen LogP contribution >= 0.6 is 0 Å². The number of ether oxygens (including phenoxy) is 1. The number of fused-ring (bicyclic) bond motifs is 1. The standard InChI is InChI=1S/C25H25N5O2/c1-16-13-26-24-21(14-27-30(24)15-16)25(31)29-10-4-5-23(29)22-12-19(11-17(2)28-22)18-6-8-20(32-3)9-7-18/h6-9,11-15,23H,4-5,10H2,1-3H3/t23-/m1/s1. The van der Waals surface area contributed by atoms with E-state index in [1.165, 1.54) is 0 Å². The van der Waals surface area contributed by atoms with Crippen molar-refractivity contribution in [3.05, 3.63) is 77.5 Å². The Morgan fingerprint density at radius 2 is 1.91 bits per heavy atom. The van der Waals surface area contributed by atoms with Gasteiger partial charge in [0.15, 0.2) is 5.65 Å². The fourth-order valence-electron chi connectivity index (χ4n) is 4.41. The number of likely N-dealkylation sites (tertiary alicyclic amines) is 1. The molecule has 1 aliphatic heterocycles. The van der Waals surface area contributed by atoms with Crippen molar-refractivity contribution in [2.24, 2.45) is 0 Å². The average molecular weight is 428 g/mol. The maximum Gasteiger partial charge on any atom is 0.259 e. The van der Waals surface area contributed by atoms with Crippen molar-refractivity contribution in [3.8, 4) is 16.9 Å². The Bertz CT molecular complexity index is 1300. The van der Waals surface area contributed by atoms with E-state index < -0.39 is 0 Å². The van der Waals surface area contributed by atoms with E-state index in [-0.39, 0.29) is 11.9 Å². The fraction of sp³-hybridized carbons (Fsp3) is 0.280. The molecule has 1 aliphatic rings. The molecule has 1 atom stereocenters. The van der Waals surface area contributed by atoms with Crippen molar-refractivity contribution >= 4 is 11.6 Å². The minimum atomic E-state index is -0.0696. The Kier molecular flexibility index (Phi) is 5.09. The Morgan fingerprint density at radius 1 is 1.09 bits per heavy atom. The minimum absolute atomic E-state index is 0.0480. The fourth-order valence-corrected chi connectivity index (χ4v) is 4.41. The first-order valence-electron chi connectivity index (χ1n) is 10.8. The Labute approximate surface area is 186 Å². The van der Waals surface area contributed by atoms with Gasteiger partial charge in [-0.05, 0) is 67.6 Å². The third-order valence-corrected chi connectivity index (χ3v) is 5.97. The molecule has 1 amide bonds. The Hall–Kier alpha value is -3.74. The van der Waals surface area contributed by atoms with Gasteiger partial charge in [0.05, 0.1) is 25.0 Å². The summed E-state index contributed by atoms with van der Waals surface area (Å²) in [5.74, 6) is 0.776. The van der Waals surface area contributed by atoms with Crippen LogP contribution in [0.5, 0.6) is 5.75 Å². The molecule has 0 N–H and O–H groups in total. The number of benzene rings is 1. The smallest absolute Gasteiger partial charge is 0.259 e. The molecule has 0 bridgehead atoms. The van der Waals surface area contributed by atoms with Crippen LogP contribution in [0.25, 0.3) is 16.8 Å². The molecule has 0 spiro atoms. The number of aromatic nitrogens is 4. The van der Waals surface area contributed by atoms with Gasteiger partial charge in [-0.1, -0.05) is 12.1 Å². The van der Waals surface area contributed by atoms with E-state index >= 15 is 0 Å². The zero-order valence-corrected chi connectivity index (χ0v) is 18.4. The quantitative estimate of drug-likeness (QED) is 0.483. The number of carbonyl (C=O) groups excluding carboxylic acids is 1. The molecule has 0 unspecified atom stereocenters. The lowest BCUT2D eigenvalue weighted by Crippen LogP contribution is -2.31. The molecule has 0 saturated carbocycles. The summed E-state index contributed by atoms with van der Waals surface area (Å²) in [6.45, 7) is 4.64. The first-order valence-corrected chi connectivity index (χ1v) is 10.8. The molecule has 32 heavy (non-hydrogen) atoms. The van der Waals surface area contributed by atoms with Crippen molar-refractivity contribution in [1.82, 2.24) is 24.5 Å². The SMILES string of the molecule is COc1ccc(-c2cc(C)nc([C@H]3CCCN3C(=O)c3cnn4cc(C)cnc34)c2)cc1. The highest BCUT2D eigenvalue weighted by Gasteiger charge is 2.33. The molecular formula is C25H25N5O2. The first-order chi connectivity index (χ1) is 15.5. The maximum atomic E-state index is 13.5. The zero-order chi connectivity index (χ0) is 22.2. The lowest BCUT2D eigenvalue weighted by Gasteiger charge is -2.24. The molecule has 7 nitrogen and oxygen atoms in total. The van der Waals surface area contributed by atoms with E-state index in [4.69, 9.17) is 9.72 Å². The van der Waals surface area contributed by atoms with Crippen molar-refractivity contribution in [2.75, 3.05) is 13.7 Å². The van der Waals surface area contributed by atoms with Gasteiger partial charge in [0.2, 0.25) is 0 Å². The van der Waals surface area contributed by atoms with Gasteiger partial charge in [-0.3, -0.25) is 9.78 Å². The number of methoxy groups -OCH3 is 1. The minimum Gasteiger partial charge on any atom is -0.497 e. The predicted molar refractivity (Wildman–Crippen MR) is 122 cm³/mol. The summed E-state index contributed by atoms with van der Waals surface area (Å²) in [5.41, 5.74) is 6.14. The second-order valence-corrected chi connectivity index (χ2v) is 8.26. The molecule has 162 valence electrons. The van der Waals surface area contributed by atoms with Crippen LogP contribution in [-0.2, 0) is 0 Å². The summed E-state index contributed by atoms with van der Waals surface area (Å²) in [6, 6.07) is 12.1. The highest BCUT2D eigenvalue weighted by molar-refractivity contribution is 6.00. The van der Waals surface area contributed by atoms with Crippen LogP contribution in [0.15, 0.2) is 55.0 Å². The van der Waals surface area contributed by atoms with Gasteiger partial charge in [0, 0.05) is 24.6 Å². The third-order valence-electron chi connectivity index (χ3n) is 5.97. The van der Waals surface area contributed by atoms with Crippen molar-refractivity contribution in [2.45, 2.75) is 32.7 Å². The molecule has 3 aromatic heterocycles. The first kappa shape index (κ1) is 20.2. The number of amides is 1. The molecule has 5 rings (SSSR count). The van der Waals surface area contributed by atoms with E-state index in [0.29, 0.717) is 17.8 Å². The predicted octanol–water partition coefficient (Wildman–Crippen LogP) is 4.39. The van der Waals surface area contributed by atoms with Gasteiger partial charge in [-0.2, -0.15) is 5.10 Å². The van der Waals surface area contributed by atoms with Crippen LogP contribution in [0.2, 0.25) is 0 Å². The zero-order valence-electron chi connectivity index (χ0n) is 18.4. The van der Waals surface area contributed by atoms with Crippen molar-refractivity contribution < 1.29 is 9.53 Å². The maximum absolute atomic E-state index is 13.5. The second-order valence-electron chi connectivity index (χ2n) is 8.26. The molecule has 0 radical (unpaired) electrons. The van der Waals surface area contributed by atoms with Gasteiger partial charge >= 0.3 is 0 Å². The summed E-state index contributed by atoms with van der Waals surface area (Å²) in [4.78, 5) is 24.7. The van der Waals surface area contributed by atoms with E-state index in [2.05, 4.69) is 22.2 Å². The number of aryl methyl sites for hydroxylation is 2. The van der Waals surface area contributed by atoms with E-state index in [0.717, 1.165) is 46.7 Å². The summed E-state index contributed by atoms with van der Waals surface area (Å²) in [7, 11) is 1.66. The number of pyridine rings is 1. The molecule has 1 fully saturated rings. The number of carbonyl (C=O) groups is 1. The van der Waals surface area contributed by atoms with Crippen LogP contribution in [0.1, 0.15) is 46.2 Å². The van der Waals surface area contributed by atoms with E-state index in [1.54, 1.807) is 24.0 Å². The highest BCUT2D eigenvalue weighted by atomic mass is 16.5. The number of hydrogen-bond donors (Lipinski definition) is 0. The average Bonchev–Trinajstić information content (AvgIpc) is 3.45. The van der Waals surface area contributed by atoms with Gasteiger partial charge in [-0.25, -0.2) is 9.50 Å². The molecule has 4 aromatic rings. The summed E-state index contributed by atoms with van der Waals surface area (Å²) in [6.07, 6.45) is 7.08. The number of hydrogen-bond acceptors (Lipinski definition) is 5. The van der Waals surface area contributed by atoms with Crippen LogP contribution < -0.4 is 4.74 Å². The second kappa shape index (κ2) is 8.07. The Balaban J connectivity index is 1.48. The van der Waals surface area contributed by atoms with Gasteiger partial charge in [0.25, 0.3) is 5.91 Å². The number of nitrogens with zero attached hydrogens (tertiary/aromatic N) is 5. The van der Waals surface area contributed by atoms with Gasteiger partial charge in [-0.15, -0.1) is 0 Å². The largest absolute Gasteiger partial charge is 0.497 e. The molecule has 0 aliphatic carbocycles. The van der Waals surface area contributed by atoms with Crippen molar-refractivity contribution in [1.29, 1.82) is 0 Å². The molecular weight excluding hydrogens is 402 g/mol. The molecule has 1 saturated heterocycles. The molecule has 7 heteroatoms. The monoisotopic (exact) mass is 427 g/mol. The van der Waals surface area contributed by atoms with Crippen LogP contribution in [0.3, 0.4) is 0 Å². The molecule has 4 heterocycles. The van der Waals surface area contributed by atoms with Crippen LogP contribution in [0, 0.1) is 13.8 Å². The number of rotatable bonds is 4. The Morgan fingerprint density at radius 3 is 2.69 bits per heavy atom. The van der Waals surface area contributed by atoms with E-state index in [1.807, 2.05) is 49.2 Å². The molecule has 1 aromatic carbocycles. The van der Waals surface area contributed by atoms with Crippen LogP contribution in [-0.4, -0.2) is 44.0 Å². The summed E-state index contributed by atoms with van der Waals surface area (Å²) in [5, 5.41) is 4.33. The summed E-state index contributed by atoms with van der Waals surface area (Å²) < 4.78 is 6.95. The highest BCUT2D eigenvalue weighted by Crippen LogP contribution is 2.35. The van der Waals surface area contributed by atoms with Crippen LogP contribution in [0.4, 0.5) is 0 Å². The normalized spacial score (nSPS) is 16.0. The third kappa shape index (κ3) is 3.60. The van der Waals surface area contributed by atoms with E-state index in [9.17, 15) is 4.79 Å². The summed E-state index contributed by atoms with van der Waals surface area (Å²) >= 11 is 0. The topological polar surface area (TPSA) is 72.6 Å². The lowest BCUT2D eigenvalue weighted by atomic mass is 10.0. The van der Waals surface area contributed by atoms with Crippen molar-refractivity contribution in [3.63, 3.8) is 0 Å². The van der Waals surface area contributed by atoms with Gasteiger partial charge < -0.3 is 9.64 Å². The lowest BCUT2D eigenvalue weighted by molar-refractivity contribution is 0.0734. The van der Waals surface area contributed by atoms with Gasteiger partial charge in [0.1, 0.15) is 11.3 Å².